The van der Waals surface area contributed by atoms with Gasteiger partial charge in [0.1, 0.15) is 0 Å². The standard InChI is InChI=1S/C15H24/c1-9-11-4-5-13(8-11)15(9)14-7-10-2-3-12(14)6-10/h9-15H,2-8H2,1H3. The second kappa shape index (κ2) is 3.02. The van der Waals surface area contributed by atoms with Crippen LogP contribution in [0.3, 0.4) is 0 Å². The molecule has 4 aliphatic carbocycles. The highest BCUT2D eigenvalue weighted by molar-refractivity contribution is 5.02. The summed E-state index contributed by atoms with van der Waals surface area (Å²) in [7, 11) is 0. The Kier molecular flexibility index (Phi) is 1.83. The summed E-state index contributed by atoms with van der Waals surface area (Å²) >= 11 is 0. The van der Waals surface area contributed by atoms with E-state index in [1.54, 1.807) is 44.9 Å². The molecule has 84 valence electrons. The molecule has 0 spiro atoms. The first-order valence-corrected chi connectivity index (χ1v) is 7.33. The highest BCUT2D eigenvalue weighted by Crippen LogP contribution is 2.61. The molecule has 0 heterocycles. The van der Waals surface area contributed by atoms with Gasteiger partial charge in [-0.2, -0.15) is 0 Å². The number of fused-ring (bicyclic) bond motifs is 4. The van der Waals surface area contributed by atoms with Gasteiger partial charge in [0, 0.05) is 0 Å². The minimum absolute atomic E-state index is 1.09. The van der Waals surface area contributed by atoms with Crippen LogP contribution in [0.2, 0.25) is 0 Å². The van der Waals surface area contributed by atoms with Crippen LogP contribution in [0.25, 0.3) is 0 Å². The van der Waals surface area contributed by atoms with Crippen LogP contribution in [0.1, 0.15) is 51.9 Å². The van der Waals surface area contributed by atoms with Crippen LogP contribution < -0.4 is 0 Å². The molecular formula is C15H24. The highest BCUT2D eigenvalue weighted by Gasteiger charge is 2.53. The van der Waals surface area contributed by atoms with Crippen LogP contribution in [0.5, 0.6) is 0 Å². The monoisotopic (exact) mass is 204 g/mol. The normalized spacial score (nSPS) is 61.8. The van der Waals surface area contributed by atoms with E-state index in [4.69, 9.17) is 0 Å². The lowest BCUT2D eigenvalue weighted by molar-refractivity contribution is 0.115. The van der Waals surface area contributed by atoms with Crippen LogP contribution in [0, 0.1) is 41.4 Å². The number of hydrogen-bond donors (Lipinski definition) is 0. The van der Waals surface area contributed by atoms with Gasteiger partial charge in [0.15, 0.2) is 0 Å². The van der Waals surface area contributed by atoms with Crippen molar-refractivity contribution in [1.82, 2.24) is 0 Å². The molecule has 7 unspecified atom stereocenters. The lowest BCUT2D eigenvalue weighted by atomic mass is 9.68. The highest BCUT2D eigenvalue weighted by atomic mass is 14.6. The van der Waals surface area contributed by atoms with Crippen molar-refractivity contribution in [3.8, 4) is 0 Å². The molecular weight excluding hydrogens is 180 g/mol. The molecule has 0 aromatic carbocycles. The minimum atomic E-state index is 1.09. The average Bonchev–Trinajstić information content (AvgIpc) is 2.96. The lowest BCUT2D eigenvalue weighted by Crippen LogP contribution is -2.30. The van der Waals surface area contributed by atoms with E-state index >= 15 is 0 Å². The molecule has 4 bridgehead atoms. The summed E-state index contributed by atoms with van der Waals surface area (Å²) in [4.78, 5) is 0. The fourth-order valence-electron chi connectivity index (χ4n) is 6.13. The Morgan fingerprint density at radius 2 is 1.53 bits per heavy atom. The van der Waals surface area contributed by atoms with Crippen molar-refractivity contribution in [3.63, 3.8) is 0 Å². The third-order valence-corrected chi connectivity index (χ3v) is 6.70. The van der Waals surface area contributed by atoms with E-state index in [0.29, 0.717) is 0 Å². The van der Waals surface area contributed by atoms with Crippen molar-refractivity contribution in [2.75, 3.05) is 0 Å². The van der Waals surface area contributed by atoms with Gasteiger partial charge in [-0.15, -0.1) is 0 Å². The molecule has 0 heteroatoms. The van der Waals surface area contributed by atoms with Gasteiger partial charge in [-0.05, 0) is 80.0 Å². The molecule has 0 aliphatic heterocycles. The van der Waals surface area contributed by atoms with Gasteiger partial charge < -0.3 is 0 Å². The molecule has 0 amide bonds. The average molecular weight is 204 g/mol. The second-order valence-electron chi connectivity index (χ2n) is 7.11. The van der Waals surface area contributed by atoms with Gasteiger partial charge in [-0.25, -0.2) is 0 Å². The zero-order valence-corrected chi connectivity index (χ0v) is 9.99. The van der Waals surface area contributed by atoms with E-state index in [9.17, 15) is 0 Å². The summed E-state index contributed by atoms with van der Waals surface area (Å²) < 4.78 is 0. The molecule has 0 saturated heterocycles. The van der Waals surface area contributed by atoms with Gasteiger partial charge in [-0.3, -0.25) is 0 Å². The van der Waals surface area contributed by atoms with Crippen molar-refractivity contribution in [2.24, 2.45) is 41.4 Å². The third-order valence-electron chi connectivity index (χ3n) is 6.70. The van der Waals surface area contributed by atoms with Gasteiger partial charge in [0.2, 0.25) is 0 Å². The van der Waals surface area contributed by atoms with E-state index in [2.05, 4.69) is 6.92 Å². The van der Waals surface area contributed by atoms with Crippen molar-refractivity contribution in [2.45, 2.75) is 51.9 Å². The van der Waals surface area contributed by atoms with Crippen molar-refractivity contribution in [3.05, 3.63) is 0 Å². The maximum absolute atomic E-state index is 2.58. The van der Waals surface area contributed by atoms with Crippen LogP contribution in [0.15, 0.2) is 0 Å². The minimum Gasteiger partial charge on any atom is -0.0620 e. The molecule has 0 nitrogen and oxygen atoms in total. The quantitative estimate of drug-likeness (QED) is 0.603. The van der Waals surface area contributed by atoms with E-state index in [-0.39, 0.29) is 0 Å². The number of hydrogen-bond acceptors (Lipinski definition) is 0. The molecule has 7 atom stereocenters. The van der Waals surface area contributed by atoms with Crippen LogP contribution in [0.4, 0.5) is 0 Å². The van der Waals surface area contributed by atoms with Crippen LogP contribution in [-0.4, -0.2) is 0 Å². The van der Waals surface area contributed by atoms with Crippen molar-refractivity contribution >= 4 is 0 Å². The Morgan fingerprint density at radius 1 is 0.733 bits per heavy atom. The molecule has 15 heavy (non-hydrogen) atoms. The lowest BCUT2D eigenvalue weighted by Gasteiger charge is -2.37. The molecule has 0 aromatic heterocycles. The summed E-state index contributed by atoms with van der Waals surface area (Å²) in [5.74, 6) is 8.06. The Morgan fingerprint density at radius 3 is 2.13 bits per heavy atom. The summed E-state index contributed by atoms with van der Waals surface area (Å²) in [5.41, 5.74) is 0. The molecule has 4 saturated carbocycles. The zero-order chi connectivity index (χ0) is 9.99. The molecule has 0 radical (unpaired) electrons. The molecule has 0 aromatic rings. The fourth-order valence-corrected chi connectivity index (χ4v) is 6.13. The smallest absolute Gasteiger partial charge is 0.0326 e. The van der Waals surface area contributed by atoms with Crippen LogP contribution >= 0.6 is 0 Å². The summed E-state index contributed by atoms with van der Waals surface area (Å²) in [6, 6.07) is 0. The van der Waals surface area contributed by atoms with E-state index in [1.165, 1.54) is 17.8 Å². The fraction of sp³-hybridized carbons (Fsp3) is 1.00. The first kappa shape index (κ1) is 9.07. The van der Waals surface area contributed by atoms with E-state index in [1.807, 2.05) is 0 Å². The SMILES string of the molecule is CC1C2CCC(C2)C1C1CC2CCC1C2. The van der Waals surface area contributed by atoms with Crippen molar-refractivity contribution < 1.29 is 0 Å². The zero-order valence-electron chi connectivity index (χ0n) is 9.99. The second-order valence-corrected chi connectivity index (χ2v) is 7.11. The summed E-state index contributed by atoms with van der Waals surface area (Å²) in [6.45, 7) is 2.58. The van der Waals surface area contributed by atoms with Gasteiger partial charge in [0.25, 0.3) is 0 Å². The van der Waals surface area contributed by atoms with Gasteiger partial charge >= 0.3 is 0 Å². The van der Waals surface area contributed by atoms with Gasteiger partial charge in [0.05, 0.1) is 0 Å². The predicted molar refractivity (Wildman–Crippen MR) is 62.4 cm³/mol. The Bertz CT molecular complexity index is 267. The first-order chi connectivity index (χ1) is 7.33. The van der Waals surface area contributed by atoms with E-state index in [0.717, 1.165) is 23.7 Å². The summed E-state index contributed by atoms with van der Waals surface area (Å²) in [5, 5.41) is 0. The Labute approximate surface area is 93.8 Å². The van der Waals surface area contributed by atoms with Gasteiger partial charge in [-0.1, -0.05) is 13.3 Å². The maximum Gasteiger partial charge on any atom is -0.0326 e. The number of rotatable bonds is 1. The molecule has 4 aliphatic rings. The maximum atomic E-state index is 2.58. The molecule has 0 N–H and O–H groups in total. The Hall–Kier alpha value is 0. The largest absolute Gasteiger partial charge is 0.0620 e. The Balaban J connectivity index is 1.58. The predicted octanol–water partition coefficient (Wildman–Crippen LogP) is 4.10. The molecule has 4 rings (SSSR count). The summed E-state index contributed by atoms with van der Waals surface area (Å²) in [6.07, 6.45) is 11.2. The molecule has 4 fully saturated rings. The first-order valence-electron chi connectivity index (χ1n) is 7.33. The van der Waals surface area contributed by atoms with E-state index < -0.39 is 0 Å². The van der Waals surface area contributed by atoms with Crippen LogP contribution in [-0.2, 0) is 0 Å². The topological polar surface area (TPSA) is 0 Å². The third kappa shape index (κ3) is 1.14. The van der Waals surface area contributed by atoms with Crippen molar-refractivity contribution in [1.29, 1.82) is 0 Å².